The summed E-state index contributed by atoms with van der Waals surface area (Å²) in [5.41, 5.74) is 2.05. The van der Waals surface area contributed by atoms with Crippen molar-refractivity contribution in [2.75, 3.05) is 7.11 Å². The van der Waals surface area contributed by atoms with Gasteiger partial charge in [0.2, 0.25) is 5.91 Å². The minimum Gasteiger partial charge on any atom is -0.497 e. The van der Waals surface area contributed by atoms with Gasteiger partial charge in [0.1, 0.15) is 5.75 Å². The van der Waals surface area contributed by atoms with Crippen LogP contribution in [-0.4, -0.2) is 13.0 Å². The van der Waals surface area contributed by atoms with E-state index in [-0.39, 0.29) is 5.91 Å². The van der Waals surface area contributed by atoms with Gasteiger partial charge in [-0.05, 0) is 23.3 Å². The predicted molar refractivity (Wildman–Crippen MR) is 75.0 cm³/mol. The molecule has 0 unspecified atom stereocenters. The van der Waals surface area contributed by atoms with Crippen LogP contribution in [0.3, 0.4) is 0 Å². The molecular weight excluding hydrogens is 238 g/mol. The van der Waals surface area contributed by atoms with Gasteiger partial charge in [-0.3, -0.25) is 4.79 Å². The Kier molecular flexibility index (Phi) is 4.56. The number of rotatable bonds is 5. The molecule has 0 aromatic heterocycles. The Balaban J connectivity index is 1.86. The Morgan fingerprint density at radius 2 is 1.79 bits per heavy atom. The summed E-state index contributed by atoms with van der Waals surface area (Å²) in [6.45, 7) is 0.517. The fourth-order valence-corrected chi connectivity index (χ4v) is 1.83. The third-order valence-electron chi connectivity index (χ3n) is 2.83. The van der Waals surface area contributed by atoms with Crippen LogP contribution in [0.4, 0.5) is 0 Å². The molecule has 98 valence electrons. The highest BCUT2D eigenvalue weighted by atomic mass is 16.5. The number of carbonyl (C=O) groups excluding carboxylic acids is 1. The Hall–Kier alpha value is -2.29. The zero-order chi connectivity index (χ0) is 13.5. The molecule has 0 saturated carbocycles. The fraction of sp³-hybridized carbons (Fsp3) is 0.188. The molecule has 1 N–H and O–H groups in total. The minimum absolute atomic E-state index is 0.0222. The Labute approximate surface area is 113 Å². The molecule has 19 heavy (non-hydrogen) atoms. The zero-order valence-corrected chi connectivity index (χ0v) is 10.9. The summed E-state index contributed by atoms with van der Waals surface area (Å²) in [6.07, 6.45) is 0.408. The van der Waals surface area contributed by atoms with E-state index in [0.717, 1.165) is 16.9 Å². The van der Waals surface area contributed by atoms with Crippen molar-refractivity contribution >= 4 is 5.91 Å². The maximum atomic E-state index is 11.8. The van der Waals surface area contributed by atoms with Gasteiger partial charge in [0.15, 0.2) is 0 Å². The van der Waals surface area contributed by atoms with E-state index in [1.54, 1.807) is 7.11 Å². The van der Waals surface area contributed by atoms with Gasteiger partial charge in [-0.2, -0.15) is 0 Å². The molecular formula is C16H17NO2. The molecule has 3 nitrogen and oxygen atoms in total. The first-order valence-electron chi connectivity index (χ1n) is 6.21. The lowest BCUT2D eigenvalue weighted by atomic mass is 10.1. The topological polar surface area (TPSA) is 38.3 Å². The number of benzene rings is 2. The van der Waals surface area contributed by atoms with Crippen LogP contribution in [0, 0.1) is 0 Å². The second-order valence-electron chi connectivity index (χ2n) is 4.29. The Morgan fingerprint density at radius 3 is 2.53 bits per heavy atom. The van der Waals surface area contributed by atoms with Crippen LogP contribution in [0.25, 0.3) is 0 Å². The lowest BCUT2D eigenvalue weighted by molar-refractivity contribution is -0.120. The van der Waals surface area contributed by atoms with Gasteiger partial charge in [-0.15, -0.1) is 0 Å². The second kappa shape index (κ2) is 6.59. The van der Waals surface area contributed by atoms with Crippen LogP contribution in [0.15, 0.2) is 54.6 Å². The highest BCUT2D eigenvalue weighted by Crippen LogP contribution is 2.12. The number of ether oxygens (including phenoxy) is 1. The van der Waals surface area contributed by atoms with Crippen molar-refractivity contribution in [3.05, 3.63) is 65.7 Å². The summed E-state index contributed by atoms with van der Waals surface area (Å²) in [4.78, 5) is 11.8. The average Bonchev–Trinajstić information content (AvgIpc) is 2.46. The average molecular weight is 255 g/mol. The van der Waals surface area contributed by atoms with E-state index in [9.17, 15) is 4.79 Å². The Morgan fingerprint density at radius 1 is 1.05 bits per heavy atom. The fourth-order valence-electron chi connectivity index (χ4n) is 1.83. The first-order chi connectivity index (χ1) is 9.28. The van der Waals surface area contributed by atoms with Gasteiger partial charge in [-0.1, -0.05) is 42.5 Å². The third-order valence-corrected chi connectivity index (χ3v) is 2.83. The van der Waals surface area contributed by atoms with Crippen LogP contribution in [-0.2, 0) is 17.8 Å². The summed E-state index contributed by atoms with van der Waals surface area (Å²) >= 11 is 0. The van der Waals surface area contributed by atoms with Crippen LogP contribution >= 0.6 is 0 Å². The van der Waals surface area contributed by atoms with E-state index in [1.165, 1.54) is 0 Å². The lowest BCUT2D eigenvalue weighted by Gasteiger charge is -2.07. The number of carbonyl (C=O) groups is 1. The van der Waals surface area contributed by atoms with Crippen molar-refractivity contribution in [2.45, 2.75) is 13.0 Å². The van der Waals surface area contributed by atoms with E-state index in [1.807, 2.05) is 54.6 Å². The summed E-state index contributed by atoms with van der Waals surface area (Å²) in [5.74, 6) is 0.823. The monoisotopic (exact) mass is 255 g/mol. The molecule has 0 spiro atoms. The van der Waals surface area contributed by atoms with Crippen molar-refractivity contribution in [3.8, 4) is 5.75 Å². The highest BCUT2D eigenvalue weighted by Gasteiger charge is 2.03. The van der Waals surface area contributed by atoms with Crippen LogP contribution in [0.1, 0.15) is 11.1 Å². The Bertz CT molecular complexity index is 537. The summed E-state index contributed by atoms with van der Waals surface area (Å²) < 4.78 is 5.14. The molecule has 0 bridgehead atoms. The van der Waals surface area contributed by atoms with Crippen molar-refractivity contribution in [3.63, 3.8) is 0 Å². The molecule has 0 radical (unpaired) electrons. The largest absolute Gasteiger partial charge is 0.497 e. The molecule has 2 rings (SSSR count). The van der Waals surface area contributed by atoms with E-state index >= 15 is 0 Å². The van der Waals surface area contributed by atoms with Gasteiger partial charge in [-0.25, -0.2) is 0 Å². The van der Waals surface area contributed by atoms with Crippen molar-refractivity contribution in [1.29, 1.82) is 0 Å². The van der Waals surface area contributed by atoms with Gasteiger partial charge < -0.3 is 10.1 Å². The predicted octanol–water partition coefficient (Wildman–Crippen LogP) is 2.55. The molecule has 0 aliphatic heterocycles. The van der Waals surface area contributed by atoms with Gasteiger partial charge in [0.05, 0.1) is 13.5 Å². The molecule has 0 fully saturated rings. The zero-order valence-electron chi connectivity index (χ0n) is 10.9. The number of nitrogens with one attached hydrogen (secondary N) is 1. The maximum absolute atomic E-state index is 11.8. The van der Waals surface area contributed by atoms with Crippen molar-refractivity contribution < 1.29 is 9.53 Å². The second-order valence-corrected chi connectivity index (χ2v) is 4.29. The molecule has 0 atom stereocenters. The maximum Gasteiger partial charge on any atom is 0.224 e. The first-order valence-corrected chi connectivity index (χ1v) is 6.21. The van der Waals surface area contributed by atoms with Crippen molar-refractivity contribution in [1.82, 2.24) is 5.32 Å². The van der Waals surface area contributed by atoms with Crippen LogP contribution in [0.5, 0.6) is 5.75 Å². The molecule has 1 amide bonds. The summed E-state index contributed by atoms with van der Waals surface area (Å²) in [6, 6.07) is 17.4. The summed E-state index contributed by atoms with van der Waals surface area (Å²) in [7, 11) is 1.63. The van der Waals surface area contributed by atoms with E-state index in [2.05, 4.69) is 5.32 Å². The SMILES string of the molecule is COc1cccc(CNC(=O)Cc2ccccc2)c1. The molecule has 2 aromatic carbocycles. The third kappa shape index (κ3) is 4.14. The summed E-state index contributed by atoms with van der Waals surface area (Å²) in [5, 5.41) is 2.90. The number of hydrogen-bond acceptors (Lipinski definition) is 2. The molecule has 0 saturated heterocycles. The van der Waals surface area contributed by atoms with Crippen LogP contribution in [0.2, 0.25) is 0 Å². The van der Waals surface area contributed by atoms with E-state index in [0.29, 0.717) is 13.0 Å². The quantitative estimate of drug-likeness (QED) is 0.891. The number of methoxy groups -OCH3 is 1. The molecule has 0 heterocycles. The molecule has 2 aromatic rings. The normalized spacial score (nSPS) is 9.95. The van der Waals surface area contributed by atoms with Crippen molar-refractivity contribution in [2.24, 2.45) is 0 Å². The first kappa shape index (κ1) is 13.1. The van der Waals surface area contributed by atoms with E-state index in [4.69, 9.17) is 4.74 Å². The number of amides is 1. The van der Waals surface area contributed by atoms with E-state index < -0.39 is 0 Å². The lowest BCUT2D eigenvalue weighted by Crippen LogP contribution is -2.24. The van der Waals surface area contributed by atoms with Gasteiger partial charge >= 0.3 is 0 Å². The van der Waals surface area contributed by atoms with Gasteiger partial charge in [0.25, 0.3) is 0 Å². The highest BCUT2D eigenvalue weighted by molar-refractivity contribution is 5.78. The van der Waals surface area contributed by atoms with Gasteiger partial charge in [0, 0.05) is 6.54 Å². The molecule has 0 aliphatic rings. The molecule has 0 aliphatic carbocycles. The molecule has 3 heteroatoms. The van der Waals surface area contributed by atoms with Crippen LogP contribution < -0.4 is 10.1 Å². The number of hydrogen-bond donors (Lipinski definition) is 1. The smallest absolute Gasteiger partial charge is 0.224 e. The standard InChI is InChI=1S/C16H17NO2/c1-19-15-9-5-8-14(10-15)12-17-16(18)11-13-6-3-2-4-7-13/h2-10H,11-12H2,1H3,(H,17,18). The minimum atomic E-state index is 0.0222.